The lowest BCUT2D eigenvalue weighted by molar-refractivity contribution is -0.140. The summed E-state index contributed by atoms with van der Waals surface area (Å²) in [4.78, 5) is 46.8. The van der Waals surface area contributed by atoms with Crippen molar-refractivity contribution in [3.63, 3.8) is 0 Å². The number of rotatable bonds is 17. The molecular formula is C42H54FN3O5. The molecule has 9 heteroatoms. The number of carbonyl (C=O) groups excluding carboxylic acids is 2. The van der Waals surface area contributed by atoms with Gasteiger partial charge in [0.25, 0.3) is 11.5 Å². The van der Waals surface area contributed by atoms with Gasteiger partial charge in [-0.3, -0.25) is 19.0 Å². The molecule has 1 aromatic heterocycles. The average molecular weight is 700 g/mol. The van der Waals surface area contributed by atoms with Crippen molar-refractivity contribution in [2.75, 3.05) is 20.3 Å². The molecule has 1 heterocycles. The number of esters is 1. The largest absolute Gasteiger partial charge is 0.493 e. The Bertz CT molecular complexity index is 1880. The molecule has 1 amide bonds. The van der Waals surface area contributed by atoms with Crippen molar-refractivity contribution in [3.05, 3.63) is 105 Å². The summed E-state index contributed by atoms with van der Waals surface area (Å²) < 4.78 is 27.1. The molecule has 0 saturated heterocycles. The molecule has 0 aliphatic heterocycles. The highest BCUT2D eigenvalue weighted by Gasteiger charge is 2.30. The lowest BCUT2D eigenvalue weighted by atomic mass is 9.76. The molecule has 274 valence electrons. The monoisotopic (exact) mass is 699 g/mol. The third kappa shape index (κ3) is 9.23. The van der Waals surface area contributed by atoms with E-state index >= 15 is 0 Å². The zero-order valence-corrected chi connectivity index (χ0v) is 31.6. The van der Waals surface area contributed by atoms with Crippen LogP contribution in [0.3, 0.4) is 0 Å². The first-order chi connectivity index (χ1) is 24.3. The van der Waals surface area contributed by atoms with Crippen molar-refractivity contribution >= 4 is 22.8 Å². The van der Waals surface area contributed by atoms with Gasteiger partial charge in [0.15, 0.2) is 0 Å². The Morgan fingerprint density at radius 1 is 0.922 bits per heavy atom. The van der Waals surface area contributed by atoms with E-state index < -0.39 is 17.8 Å². The Hall–Kier alpha value is -4.53. The minimum Gasteiger partial charge on any atom is -0.493 e. The van der Waals surface area contributed by atoms with Gasteiger partial charge in [-0.05, 0) is 84.9 Å². The van der Waals surface area contributed by atoms with Gasteiger partial charge in [-0.1, -0.05) is 78.8 Å². The number of halogens is 1. The summed E-state index contributed by atoms with van der Waals surface area (Å²) in [6.45, 7) is 16.1. The molecule has 0 bridgehead atoms. The minimum atomic E-state index is -0.636. The van der Waals surface area contributed by atoms with Crippen molar-refractivity contribution in [1.82, 2.24) is 14.5 Å². The van der Waals surface area contributed by atoms with Crippen molar-refractivity contribution in [2.45, 2.75) is 110 Å². The predicted molar refractivity (Wildman–Crippen MR) is 201 cm³/mol. The van der Waals surface area contributed by atoms with Gasteiger partial charge < -0.3 is 14.4 Å². The molecule has 3 aromatic carbocycles. The Labute approximate surface area is 302 Å². The second-order valence-corrected chi connectivity index (χ2v) is 14.4. The molecule has 4 aromatic rings. The van der Waals surface area contributed by atoms with Crippen LogP contribution in [0.25, 0.3) is 10.9 Å². The molecule has 0 fully saturated rings. The van der Waals surface area contributed by atoms with Gasteiger partial charge in [-0.2, -0.15) is 0 Å². The van der Waals surface area contributed by atoms with Crippen LogP contribution in [0.15, 0.2) is 71.5 Å². The Balaban J connectivity index is 1.65. The quantitative estimate of drug-likeness (QED) is 0.0808. The van der Waals surface area contributed by atoms with Gasteiger partial charge in [0.2, 0.25) is 0 Å². The molecule has 1 atom stereocenters. The van der Waals surface area contributed by atoms with Crippen molar-refractivity contribution in [2.24, 2.45) is 0 Å². The van der Waals surface area contributed by atoms with Crippen LogP contribution in [0.2, 0.25) is 0 Å². The highest BCUT2D eigenvalue weighted by molar-refractivity contribution is 5.94. The van der Waals surface area contributed by atoms with E-state index in [0.29, 0.717) is 49.1 Å². The predicted octanol–water partition coefficient (Wildman–Crippen LogP) is 8.93. The van der Waals surface area contributed by atoms with E-state index in [9.17, 15) is 18.8 Å². The number of nitrogens with zero attached hydrogens (tertiary/aromatic N) is 3. The van der Waals surface area contributed by atoms with Crippen LogP contribution in [-0.4, -0.2) is 46.6 Å². The van der Waals surface area contributed by atoms with E-state index in [4.69, 9.17) is 14.5 Å². The Morgan fingerprint density at radius 2 is 1.65 bits per heavy atom. The summed E-state index contributed by atoms with van der Waals surface area (Å²) in [5.74, 6) is -0.110. The van der Waals surface area contributed by atoms with Crippen LogP contribution in [0.5, 0.6) is 5.75 Å². The summed E-state index contributed by atoms with van der Waals surface area (Å²) in [7, 11) is 1.30. The number of para-hydroxylation sites is 1. The Kier molecular flexibility index (Phi) is 13.2. The summed E-state index contributed by atoms with van der Waals surface area (Å²) in [6, 6.07) is 18.6. The minimum absolute atomic E-state index is 0.0374. The van der Waals surface area contributed by atoms with Crippen LogP contribution < -0.4 is 10.3 Å². The lowest BCUT2D eigenvalue weighted by Gasteiger charge is -2.33. The number of amides is 1. The Morgan fingerprint density at radius 3 is 2.31 bits per heavy atom. The number of carbonyl (C=O) groups is 2. The summed E-state index contributed by atoms with van der Waals surface area (Å²) in [5.41, 5.74) is 2.85. The third-order valence-corrected chi connectivity index (χ3v) is 10.4. The van der Waals surface area contributed by atoms with Crippen molar-refractivity contribution in [3.8, 4) is 5.75 Å². The molecule has 0 N–H and O–H groups in total. The second kappa shape index (κ2) is 17.1. The fourth-order valence-electron chi connectivity index (χ4n) is 6.26. The van der Waals surface area contributed by atoms with Crippen LogP contribution in [0, 0.1) is 5.82 Å². The normalized spacial score (nSPS) is 12.5. The molecule has 8 nitrogen and oxygen atoms in total. The van der Waals surface area contributed by atoms with E-state index in [1.807, 2.05) is 6.92 Å². The van der Waals surface area contributed by atoms with E-state index in [2.05, 4.69) is 59.7 Å². The van der Waals surface area contributed by atoms with Crippen LogP contribution in [0.1, 0.15) is 120 Å². The summed E-state index contributed by atoms with van der Waals surface area (Å²) in [6.07, 6.45) is 3.61. The first-order valence-corrected chi connectivity index (χ1v) is 18.2. The molecule has 0 spiro atoms. The maximum Gasteiger partial charge on any atom is 0.307 e. The van der Waals surface area contributed by atoms with Gasteiger partial charge in [-0.25, -0.2) is 9.37 Å². The number of fused-ring (bicyclic) bond motifs is 1. The maximum atomic E-state index is 14.4. The van der Waals surface area contributed by atoms with Gasteiger partial charge in [0.05, 0.1) is 37.1 Å². The molecule has 4 rings (SSSR count). The first-order valence-electron chi connectivity index (χ1n) is 18.2. The van der Waals surface area contributed by atoms with E-state index in [-0.39, 0.29) is 40.8 Å². The van der Waals surface area contributed by atoms with Gasteiger partial charge in [0.1, 0.15) is 17.4 Å². The SMILES string of the molecule is CCC(c1nc2ccccc2c(=O)n1CCC(=O)OC)N(CCCCOc1ccc(C(C)(C)CC)cc1C(C)(C)CC)C(=O)c1cccc(F)c1. The van der Waals surface area contributed by atoms with Gasteiger partial charge in [0, 0.05) is 24.2 Å². The number of benzene rings is 3. The maximum absolute atomic E-state index is 14.4. The molecule has 51 heavy (non-hydrogen) atoms. The van der Waals surface area contributed by atoms with Crippen LogP contribution in [-0.2, 0) is 26.9 Å². The van der Waals surface area contributed by atoms with Crippen molar-refractivity contribution < 1.29 is 23.5 Å². The van der Waals surface area contributed by atoms with Crippen LogP contribution in [0.4, 0.5) is 4.39 Å². The topological polar surface area (TPSA) is 90.7 Å². The third-order valence-electron chi connectivity index (χ3n) is 10.4. The average Bonchev–Trinajstić information content (AvgIpc) is 3.13. The highest BCUT2D eigenvalue weighted by atomic mass is 19.1. The molecule has 1 unspecified atom stereocenters. The smallest absolute Gasteiger partial charge is 0.307 e. The molecule has 0 aliphatic rings. The first kappa shape index (κ1) is 39.3. The summed E-state index contributed by atoms with van der Waals surface area (Å²) in [5, 5.41) is 0.415. The van der Waals surface area contributed by atoms with Gasteiger partial charge >= 0.3 is 5.97 Å². The van der Waals surface area contributed by atoms with E-state index in [1.54, 1.807) is 35.2 Å². The highest BCUT2D eigenvalue weighted by Crippen LogP contribution is 2.38. The van der Waals surface area contributed by atoms with Crippen molar-refractivity contribution in [1.29, 1.82) is 0 Å². The zero-order valence-electron chi connectivity index (χ0n) is 31.6. The van der Waals surface area contributed by atoms with Crippen LogP contribution >= 0.6 is 0 Å². The molecule has 0 aliphatic carbocycles. The fourth-order valence-corrected chi connectivity index (χ4v) is 6.26. The van der Waals surface area contributed by atoms with E-state index in [0.717, 1.165) is 18.6 Å². The second-order valence-electron chi connectivity index (χ2n) is 14.4. The number of unbranched alkanes of at least 4 members (excludes halogenated alkanes) is 1. The standard InChI is InChI=1S/C42H54FN3O5/c1-9-35(38-44-34-20-13-12-19-32(34)40(49)46(38)25-23-37(47)50-8)45(39(48)29-17-16-18-31(43)27-29)24-14-15-26-51-36-22-21-30(41(4,5)10-2)28-33(36)42(6,7)11-3/h12-13,16-22,27-28,35H,9-11,14-15,23-26H2,1-8H3. The number of methoxy groups -OCH3 is 1. The molecular weight excluding hydrogens is 645 g/mol. The number of aromatic nitrogens is 2. The number of hydrogen-bond acceptors (Lipinski definition) is 6. The lowest BCUT2D eigenvalue weighted by Crippen LogP contribution is -2.40. The number of hydrogen-bond donors (Lipinski definition) is 0. The fraction of sp³-hybridized carbons (Fsp3) is 0.476. The zero-order chi connectivity index (χ0) is 37.3. The summed E-state index contributed by atoms with van der Waals surface area (Å²) >= 11 is 0. The van der Waals surface area contributed by atoms with Gasteiger partial charge in [-0.15, -0.1) is 0 Å². The molecule has 0 saturated carbocycles. The number of ether oxygens (including phenoxy) is 2. The molecule has 0 radical (unpaired) electrons. The van der Waals surface area contributed by atoms with E-state index in [1.165, 1.54) is 41.0 Å².